The second kappa shape index (κ2) is 4.40. The van der Waals surface area contributed by atoms with Crippen LogP contribution >= 0.6 is 0 Å². The van der Waals surface area contributed by atoms with E-state index in [1.54, 1.807) is 12.4 Å². The zero-order chi connectivity index (χ0) is 13.5. The van der Waals surface area contributed by atoms with Gasteiger partial charge >= 0.3 is 0 Å². The molecule has 4 heteroatoms. The van der Waals surface area contributed by atoms with Crippen LogP contribution in [0.2, 0.25) is 0 Å². The van der Waals surface area contributed by atoms with E-state index >= 15 is 0 Å². The largest absolute Gasteiger partial charge is 0.352 e. The van der Waals surface area contributed by atoms with Crippen LogP contribution in [0, 0.1) is 11.8 Å². The molecule has 1 heterocycles. The third kappa shape index (κ3) is 1.80. The van der Waals surface area contributed by atoms with Gasteiger partial charge in [0, 0.05) is 18.9 Å². The summed E-state index contributed by atoms with van der Waals surface area (Å²) in [6.07, 6.45) is 5.69. The Balaban J connectivity index is 1.39. The van der Waals surface area contributed by atoms with Gasteiger partial charge in [0.25, 0.3) is 5.91 Å². The van der Waals surface area contributed by atoms with Crippen molar-refractivity contribution in [3.05, 3.63) is 59.7 Å². The summed E-state index contributed by atoms with van der Waals surface area (Å²) in [7, 11) is 0. The standard InChI is InChI=1S/C16H15N3O/c20-16(11-6-17-9-18-7-11)19-8-14-13-5-10-3-1-2-4-12(10)15(13)14/h1-4,6-7,9,13-15H,5,8H2,(H,19,20). The van der Waals surface area contributed by atoms with Crippen LogP contribution in [0.15, 0.2) is 43.0 Å². The van der Waals surface area contributed by atoms with Crippen LogP contribution in [0.3, 0.4) is 0 Å². The first-order chi connectivity index (χ1) is 9.84. The van der Waals surface area contributed by atoms with Crippen molar-refractivity contribution >= 4 is 5.91 Å². The Kier molecular flexibility index (Phi) is 2.55. The molecular weight excluding hydrogens is 250 g/mol. The number of hydrogen-bond donors (Lipinski definition) is 1. The third-order valence-corrected chi connectivity index (χ3v) is 4.52. The van der Waals surface area contributed by atoms with Gasteiger partial charge in [-0.2, -0.15) is 0 Å². The van der Waals surface area contributed by atoms with E-state index < -0.39 is 0 Å². The molecule has 4 nitrogen and oxygen atoms in total. The average molecular weight is 265 g/mol. The first-order valence-electron chi connectivity index (χ1n) is 6.95. The molecule has 1 aromatic carbocycles. The van der Waals surface area contributed by atoms with Crippen molar-refractivity contribution in [2.45, 2.75) is 12.3 Å². The second-order valence-electron chi connectivity index (χ2n) is 5.59. The molecule has 2 aromatic rings. The number of amides is 1. The molecule has 0 saturated heterocycles. The van der Waals surface area contributed by atoms with E-state index in [2.05, 4.69) is 39.6 Å². The van der Waals surface area contributed by atoms with Gasteiger partial charge in [0.1, 0.15) is 6.33 Å². The topological polar surface area (TPSA) is 54.9 Å². The molecule has 1 N–H and O–H groups in total. The Labute approximate surface area is 117 Å². The van der Waals surface area contributed by atoms with E-state index in [1.807, 2.05) is 0 Å². The van der Waals surface area contributed by atoms with Gasteiger partial charge in [0.15, 0.2) is 0 Å². The number of nitrogens with one attached hydrogen (secondary N) is 1. The van der Waals surface area contributed by atoms with Crippen molar-refractivity contribution < 1.29 is 4.79 Å². The summed E-state index contributed by atoms with van der Waals surface area (Å²) in [5.74, 6) is 1.89. The summed E-state index contributed by atoms with van der Waals surface area (Å²) >= 11 is 0. The van der Waals surface area contributed by atoms with E-state index in [-0.39, 0.29) is 5.91 Å². The quantitative estimate of drug-likeness (QED) is 0.920. The summed E-state index contributed by atoms with van der Waals surface area (Å²) in [5.41, 5.74) is 3.50. The Morgan fingerprint density at radius 3 is 2.90 bits per heavy atom. The molecule has 3 atom stereocenters. The highest BCUT2D eigenvalue weighted by molar-refractivity contribution is 5.93. The van der Waals surface area contributed by atoms with Gasteiger partial charge in [0.05, 0.1) is 5.56 Å². The highest BCUT2D eigenvalue weighted by Gasteiger charge is 2.54. The van der Waals surface area contributed by atoms with Crippen molar-refractivity contribution in [2.24, 2.45) is 11.8 Å². The van der Waals surface area contributed by atoms with Gasteiger partial charge in [-0.1, -0.05) is 24.3 Å². The fourth-order valence-electron chi connectivity index (χ4n) is 3.49. The SMILES string of the molecule is O=C(NCC1C2Cc3ccccc3C12)c1cncnc1. The van der Waals surface area contributed by atoms with Gasteiger partial charge in [-0.05, 0) is 35.3 Å². The molecule has 100 valence electrons. The van der Waals surface area contributed by atoms with E-state index in [0.29, 0.717) is 17.4 Å². The first kappa shape index (κ1) is 11.6. The molecule has 0 radical (unpaired) electrons. The monoisotopic (exact) mass is 265 g/mol. The highest BCUT2D eigenvalue weighted by Crippen LogP contribution is 2.60. The molecule has 1 saturated carbocycles. The number of carbonyl (C=O) groups excluding carboxylic acids is 1. The predicted molar refractivity (Wildman–Crippen MR) is 74.2 cm³/mol. The van der Waals surface area contributed by atoms with Crippen molar-refractivity contribution in [1.29, 1.82) is 0 Å². The molecule has 2 aliphatic carbocycles. The lowest BCUT2D eigenvalue weighted by Gasteiger charge is -2.08. The molecule has 2 aliphatic rings. The molecular formula is C16H15N3O. The maximum absolute atomic E-state index is 12.0. The van der Waals surface area contributed by atoms with Crippen LogP contribution in [-0.4, -0.2) is 22.4 Å². The number of nitrogens with zero attached hydrogens (tertiary/aromatic N) is 2. The number of fused-ring (bicyclic) bond motifs is 3. The zero-order valence-electron chi connectivity index (χ0n) is 11.0. The molecule has 1 fully saturated rings. The maximum atomic E-state index is 12.0. The molecule has 1 aromatic heterocycles. The Hall–Kier alpha value is -2.23. The summed E-state index contributed by atoms with van der Waals surface area (Å²) in [6, 6.07) is 8.66. The van der Waals surface area contributed by atoms with E-state index in [1.165, 1.54) is 17.5 Å². The minimum Gasteiger partial charge on any atom is -0.352 e. The third-order valence-electron chi connectivity index (χ3n) is 4.52. The van der Waals surface area contributed by atoms with Crippen molar-refractivity contribution in [3.8, 4) is 0 Å². The van der Waals surface area contributed by atoms with Crippen molar-refractivity contribution in [3.63, 3.8) is 0 Å². The molecule has 3 unspecified atom stereocenters. The Morgan fingerprint density at radius 2 is 2.05 bits per heavy atom. The van der Waals surface area contributed by atoms with Crippen LogP contribution in [-0.2, 0) is 6.42 Å². The Bertz CT molecular complexity index is 656. The number of hydrogen-bond acceptors (Lipinski definition) is 3. The van der Waals surface area contributed by atoms with Crippen molar-refractivity contribution in [1.82, 2.24) is 15.3 Å². The summed E-state index contributed by atoms with van der Waals surface area (Å²) < 4.78 is 0. The molecule has 0 bridgehead atoms. The lowest BCUT2D eigenvalue weighted by Crippen LogP contribution is -2.26. The van der Waals surface area contributed by atoms with Gasteiger partial charge in [-0.15, -0.1) is 0 Å². The fourth-order valence-corrected chi connectivity index (χ4v) is 3.49. The zero-order valence-corrected chi connectivity index (χ0v) is 11.0. The lowest BCUT2D eigenvalue weighted by atomic mass is 10.0. The van der Waals surface area contributed by atoms with E-state index in [0.717, 1.165) is 18.9 Å². The fraction of sp³-hybridized carbons (Fsp3) is 0.312. The number of carbonyl (C=O) groups is 1. The van der Waals surface area contributed by atoms with Gasteiger partial charge in [0.2, 0.25) is 0 Å². The molecule has 1 amide bonds. The smallest absolute Gasteiger partial charge is 0.254 e. The summed E-state index contributed by atoms with van der Waals surface area (Å²) in [6.45, 7) is 0.747. The van der Waals surface area contributed by atoms with Gasteiger partial charge in [-0.3, -0.25) is 4.79 Å². The number of aromatic nitrogens is 2. The first-order valence-corrected chi connectivity index (χ1v) is 6.95. The molecule has 0 aliphatic heterocycles. The average Bonchev–Trinajstić information content (AvgIpc) is 3.04. The maximum Gasteiger partial charge on any atom is 0.254 e. The van der Waals surface area contributed by atoms with Crippen LogP contribution in [0.4, 0.5) is 0 Å². The summed E-state index contributed by atoms with van der Waals surface area (Å²) in [5, 5.41) is 3.00. The van der Waals surface area contributed by atoms with Crippen molar-refractivity contribution in [2.75, 3.05) is 6.54 Å². The van der Waals surface area contributed by atoms with Crippen LogP contribution in [0.5, 0.6) is 0 Å². The lowest BCUT2D eigenvalue weighted by molar-refractivity contribution is 0.0950. The molecule has 20 heavy (non-hydrogen) atoms. The number of benzene rings is 1. The minimum atomic E-state index is -0.0798. The van der Waals surface area contributed by atoms with Crippen LogP contribution in [0.1, 0.15) is 27.4 Å². The predicted octanol–water partition coefficient (Wildman–Crippen LogP) is 1.79. The normalized spacial score (nSPS) is 25.7. The van der Waals surface area contributed by atoms with Crippen LogP contribution < -0.4 is 5.32 Å². The Morgan fingerprint density at radius 1 is 1.25 bits per heavy atom. The highest BCUT2D eigenvalue weighted by atomic mass is 16.1. The minimum absolute atomic E-state index is 0.0798. The van der Waals surface area contributed by atoms with Gasteiger partial charge < -0.3 is 5.32 Å². The number of rotatable bonds is 3. The van der Waals surface area contributed by atoms with Crippen LogP contribution in [0.25, 0.3) is 0 Å². The molecule has 4 rings (SSSR count). The van der Waals surface area contributed by atoms with E-state index in [9.17, 15) is 4.79 Å². The molecule has 0 spiro atoms. The second-order valence-corrected chi connectivity index (χ2v) is 5.59. The summed E-state index contributed by atoms with van der Waals surface area (Å²) in [4.78, 5) is 19.7. The van der Waals surface area contributed by atoms with E-state index in [4.69, 9.17) is 0 Å². The van der Waals surface area contributed by atoms with Gasteiger partial charge in [-0.25, -0.2) is 9.97 Å².